The third-order valence-electron chi connectivity index (χ3n) is 2.74. The largest absolute Gasteiger partial charge is 0.103 e. The van der Waals surface area contributed by atoms with Crippen molar-refractivity contribution in [2.24, 2.45) is 5.92 Å². The van der Waals surface area contributed by atoms with Gasteiger partial charge in [0.05, 0.1) is 0 Å². The van der Waals surface area contributed by atoms with Gasteiger partial charge in [0.25, 0.3) is 0 Å². The molecular weight excluding hydrogens is 168 g/mol. The monoisotopic (exact) mass is 194 g/mol. The van der Waals surface area contributed by atoms with E-state index in [9.17, 15) is 0 Å². The Balaban J connectivity index is 0.000000255. The number of allylic oxidation sites excluding steroid dienone is 2. The first-order chi connectivity index (χ1) is 6.85. The lowest BCUT2D eigenvalue weighted by atomic mass is 9.90. The molecule has 0 aromatic rings. The lowest BCUT2D eigenvalue weighted by molar-refractivity contribution is 0.420. The molecule has 0 aliphatic heterocycles. The predicted molar refractivity (Wildman–Crippen MR) is 66.5 cm³/mol. The molecule has 0 radical (unpaired) electrons. The molecule has 0 heterocycles. The Labute approximate surface area is 90.1 Å². The molecule has 0 unspecified atom stereocenters. The van der Waals surface area contributed by atoms with Gasteiger partial charge in [-0.15, -0.1) is 13.2 Å². The second kappa shape index (κ2) is 10.6. The average Bonchev–Trinajstić information content (AvgIpc) is 2.28. The summed E-state index contributed by atoms with van der Waals surface area (Å²) in [5.41, 5.74) is 0. The van der Waals surface area contributed by atoms with Gasteiger partial charge in [-0.25, -0.2) is 0 Å². The lowest BCUT2D eigenvalue weighted by Crippen LogP contribution is -2.01. The number of hydrogen-bond acceptors (Lipinski definition) is 0. The van der Waals surface area contributed by atoms with Crippen molar-refractivity contribution in [2.75, 3.05) is 0 Å². The summed E-state index contributed by atoms with van der Waals surface area (Å²) in [7, 11) is 0. The van der Waals surface area contributed by atoms with Gasteiger partial charge in [-0.2, -0.15) is 0 Å². The summed E-state index contributed by atoms with van der Waals surface area (Å²) in [4.78, 5) is 0. The molecule has 0 atom stereocenters. The van der Waals surface area contributed by atoms with Crippen molar-refractivity contribution in [3.8, 4) is 0 Å². The molecule has 0 aromatic carbocycles. The maximum atomic E-state index is 3.78. The maximum absolute atomic E-state index is 3.78. The van der Waals surface area contributed by atoms with Gasteiger partial charge in [0.1, 0.15) is 0 Å². The maximum Gasteiger partial charge on any atom is -0.0236 e. The van der Waals surface area contributed by atoms with Crippen molar-refractivity contribution in [3.63, 3.8) is 0 Å². The molecule has 0 nitrogen and oxygen atoms in total. The van der Waals surface area contributed by atoms with Crippen molar-refractivity contribution < 1.29 is 0 Å². The highest BCUT2D eigenvalue weighted by atomic mass is 14.1. The Bertz CT molecular complexity index is 129. The van der Waals surface area contributed by atoms with Crippen LogP contribution in [0.1, 0.15) is 58.3 Å². The Morgan fingerprint density at radius 3 is 2.07 bits per heavy atom. The van der Waals surface area contributed by atoms with Crippen LogP contribution in [0.4, 0.5) is 0 Å². The van der Waals surface area contributed by atoms with Gasteiger partial charge in [-0.3, -0.25) is 0 Å². The molecule has 0 saturated heterocycles. The zero-order valence-corrected chi connectivity index (χ0v) is 9.80. The number of unbranched alkanes of at least 4 members (excludes halogenated alkanes) is 2. The molecule has 1 fully saturated rings. The summed E-state index contributed by atoms with van der Waals surface area (Å²) in [6, 6.07) is 0. The van der Waals surface area contributed by atoms with Crippen LogP contribution in [-0.2, 0) is 0 Å². The molecule has 1 aliphatic carbocycles. The highest BCUT2D eigenvalue weighted by molar-refractivity contribution is 4.80. The fourth-order valence-corrected chi connectivity index (χ4v) is 1.72. The highest BCUT2D eigenvalue weighted by Crippen LogP contribution is 2.23. The first kappa shape index (κ1) is 13.5. The Kier molecular flexibility index (Phi) is 10.2. The highest BCUT2D eigenvalue weighted by Gasteiger charge is 2.07. The van der Waals surface area contributed by atoms with Crippen LogP contribution < -0.4 is 0 Å². The summed E-state index contributed by atoms with van der Waals surface area (Å²) in [6.07, 6.45) is 14.9. The molecule has 0 amide bonds. The first-order valence-corrected chi connectivity index (χ1v) is 6.08. The SMILES string of the molecule is C=CC1CCCCC1.C=CCCCC. The minimum atomic E-state index is 0.851. The summed E-state index contributed by atoms with van der Waals surface area (Å²) in [6.45, 7) is 9.57. The van der Waals surface area contributed by atoms with Crippen LogP contribution in [0, 0.1) is 5.92 Å². The van der Waals surface area contributed by atoms with Gasteiger partial charge >= 0.3 is 0 Å². The van der Waals surface area contributed by atoms with Crippen molar-refractivity contribution in [1.82, 2.24) is 0 Å². The topological polar surface area (TPSA) is 0 Å². The zero-order chi connectivity index (χ0) is 10.6. The molecule has 0 N–H and O–H groups in total. The van der Waals surface area contributed by atoms with E-state index in [-0.39, 0.29) is 0 Å². The van der Waals surface area contributed by atoms with Gasteiger partial charge in [0, 0.05) is 0 Å². The van der Waals surface area contributed by atoms with E-state index in [1.54, 1.807) is 0 Å². The van der Waals surface area contributed by atoms with Crippen molar-refractivity contribution in [1.29, 1.82) is 0 Å². The summed E-state index contributed by atoms with van der Waals surface area (Å²) < 4.78 is 0. The smallest absolute Gasteiger partial charge is 0.0236 e. The van der Waals surface area contributed by atoms with E-state index in [2.05, 4.69) is 26.2 Å². The number of rotatable bonds is 4. The van der Waals surface area contributed by atoms with Crippen LogP contribution in [-0.4, -0.2) is 0 Å². The summed E-state index contributed by atoms with van der Waals surface area (Å²) >= 11 is 0. The van der Waals surface area contributed by atoms with E-state index >= 15 is 0 Å². The number of hydrogen-bond donors (Lipinski definition) is 0. The molecule has 14 heavy (non-hydrogen) atoms. The van der Waals surface area contributed by atoms with E-state index in [0.717, 1.165) is 5.92 Å². The van der Waals surface area contributed by atoms with Gasteiger partial charge in [-0.1, -0.05) is 51.2 Å². The Morgan fingerprint density at radius 2 is 1.79 bits per heavy atom. The van der Waals surface area contributed by atoms with Crippen LogP contribution in [0.15, 0.2) is 25.3 Å². The van der Waals surface area contributed by atoms with Gasteiger partial charge in [-0.05, 0) is 25.2 Å². The van der Waals surface area contributed by atoms with E-state index in [1.807, 2.05) is 6.08 Å². The molecule has 1 rings (SSSR count). The molecule has 0 aromatic heterocycles. The molecular formula is C14H26. The average molecular weight is 194 g/mol. The predicted octanol–water partition coefficient (Wildman–Crippen LogP) is 5.12. The van der Waals surface area contributed by atoms with Crippen LogP contribution >= 0.6 is 0 Å². The fourth-order valence-electron chi connectivity index (χ4n) is 1.72. The minimum absolute atomic E-state index is 0.851. The van der Waals surface area contributed by atoms with Crippen LogP contribution in [0.5, 0.6) is 0 Å². The van der Waals surface area contributed by atoms with Gasteiger partial charge in [0.15, 0.2) is 0 Å². The van der Waals surface area contributed by atoms with Crippen LogP contribution in [0.3, 0.4) is 0 Å². The molecule has 0 heteroatoms. The van der Waals surface area contributed by atoms with Crippen LogP contribution in [0.25, 0.3) is 0 Å². The van der Waals surface area contributed by atoms with Gasteiger partial charge in [0.2, 0.25) is 0 Å². The second-order valence-electron chi connectivity index (χ2n) is 4.06. The summed E-state index contributed by atoms with van der Waals surface area (Å²) in [5, 5.41) is 0. The normalized spacial score (nSPS) is 16.6. The third kappa shape index (κ3) is 8.10. The molecule has 0 bridgehead atoms. The van der Waals surface area contributed by atoms with E-state index in [0.29, 0.717) is 0 Å². The van der Waals surface area contributed by atoms with Crippen molar-refractivity contribution in [3.05, 3.63) is 25.3 Å². The van der Waals surface area contributed by atoms with E-state index in [1.165, 1.54) is 51.4 Å². The van der Waals surface area contributed by atoms with Crippen molar-refractivity contribution >= 4 is 0 Å². The third-order valence-corrected chi connectivity index (χ3v) is 2.74. The standard InChI is InChI=1S/C8H14.C6H12/c1-2-8-6-4-3-5-7-8;1-3-5-6-4-2/h2,8H,1,3-7H2;3H,1,4-6H2,2H3. The molecule has 82 valence electrons. The van der Waals surface area contributed by atoms with Crippen LogP contribution in [0.2, 0.25) is 0 Å². The molecule has 1 saturated carbocycles. The second-order valence-corrected chi connectivity index (χ2v) is 4.06. The van der Waals surface area contributed by atoms with E-state index < -0.39 is 0 Å². The molecule has 0 spiro atoms. The lowest BCUT2D eigenvalue weighted by Gasteiger charge is -2.16. The van der Waals surface area contributed by atoms with Gasteiger partial charge < -0.3 is 0 Å². The van der Waals surface area contributed by atoms with E-state index in [4.69, 9.17) is 0 Å². The summed E-state index contributed by atoms with van der Waals surface area (Å²) in [5.74, 6) is 0.851. The first-order valence-electron chi connectivity index (χ1n) is 6.08. The quantitative estimate of drug-likeness (QED) is 0.430. The molecule has 1 aliphatic rings. The Hall–Kier alpha value is -0.520. The van der Waals surface area contributed by atoms with Crippen molar-refractivity contribution in [2.45, 2.75) is 58.3 Å². The Morgan fingerprint density at radius 1 is 1.14 bits per heavy atom. The minimum Gasteiger partial charge on any atom is -0.103 e. The zero-order valence-electron chi connectivity index (χ0n) is 9.80. The fraction of sp³-hybridized carbons (Fsp3) is 0.714.